The fourth-order valence-corrected chi connectivity index (χ4v) is 3.95. The summed E-state index contributed by atoms with van der Waals surface area (Å²) >= 11 is -1.30. The third-order valence-corrected chi connectivity index (χ3v) is 6.79. The molecular formula is C27H33N3O3S. The molecule has 1 heterocycles. The van der Waals surface area contributed by atoms with Crippen LogP contribution in [0.1, 0.15) is 37.5 Å². The number of hydrogen-bond acceptors (Lipinski definition) is 6. The number of hydrogen-bond donors (Lipinski definition) is 1. The molecule has 6 nitrogen and oxygen atoms in total. The Balaban J connectivity index is 1.95. The van der Waals surface area contributed by atoms with Crippen molar-refractivity contribution in [1.29, 1.82) is 0 Å². The minimum atomic E-state index is -1.30. The number of pyridine rings is 1. The fraction of sp³-hybridized carbons (Fsp3) is 0.296. The van der Waals surface area contributed by atoms with Crippen LogP contribution in [0, 0.1) is 0 Å². The van der Waals surface area contributed by atoms with Gasteiger partial charge in [-0.25, -0.2) is 9.71 Å². The maximum absolute atomic E-state index is 12.7. The molecular weight excluding hydrogens is 446 g/mol. The van der Waals surface area contributed by atoms with Crippen molar-refractivity contribution in [1.82, 2.24) is 9.71 Å². The maximum atomic E-state index is 12.7. The topological polar surface area (TPSA) is 69.7 Å². The van der Waals surface area contributed by atoms with E-state index in [2.05, 4.69) is 16.2 Å². The summed E-state index contributed by atoms with van der Waals surface area (Å²) in [6.45, 7) is 11.2. The minimum Gasteiger partial charge on any atom is -0.593 e. The number of methoxy groups -OCH3 is 2. The molecule has 3 aromatic rings. The van der Waals surface area contributed by atoms with Gasteiger partial charge in [0.05, 0.1) is 31.3 Å². The SMILES string of the molecule is C=C(N[S@+]([O-])C(C)(C)C)c1cccnc1N(Cc1ccc(OC)cc1)Cc1ccc(OC)cc1. The van der Waals surface area contributed by atoms with E-state index in [4.69, 9.17) is 14.5 Å². The summed E-state index contributed by atoms with van der Waals surface area (Å²) < 4.78 is 26.0. The molecule has 0 bridgehead atoms. The number of benzene rings is 2. The Morgan fingerprint density at radius 2 is 1.44 bits per heavy atom. The third-order valence-electron chi connectivity index (χ3n) is 5.25. The smallest absolute Gasteiger partial charge is 0.142 e. The zero-order valence-corrected chi connectivity index (χ0v) is 21.3. The maximum Gasteiger partial charge on any atom is 0.142 e. The summed E-state index contributed by atoms with van der Waals surface area (Å²) in [5.74, 6) is 2.38. The van der Waals surface area contributed by atoms with Gasteiger partial charge in [-0.1, -0.05) is 30.8 Å². The van der Waals surface area contributed by atoms with Gasteiger partial charge in [0.25, 0.3) is 0 Å². The lowest BCUT2D eigenvalue weighted by molar-refractivity contribution is 0.414. The van der Waals surface area contributed by atoms with E-state index in [0.29, 0.717) is 18.8 Å². The van der Waals surface area contributed by atoms with Gasteiger partial charge in [0.2, 0.25) is 0 Å². The van der Waals surface area contributed by atoms with Crippen LogP contribution in [-0.2, 0) is 24.5 Å². The molecule has 1 atom stereocenters. The van der Waals surface area contributed by atoms with Crippen LogP contribution in [0.25, 0.3) is 5.70 Å². The van der Waals surface area contributed by atoms with Crippen LogP contribution in [-0.4, -0.2) is 28.5 Å². The number of aromatic nitrogens is 1. The molecule has 0 aliphatic rings. The summed E-state index contributed by atoms with van der Waals surface area (Å²) in [5.41, 5.74) is 3.61. The van der Waals surface area contributed by atoms with Crippen molar-refractivity contribution < 1.29 is 14.0 Å². The van der Waals surface area contributed by atoms with Crippen LogP contribution < -0.4 is 19.1 Å². The molecule has 0 saturated heterocycles. The molecule has 0 saturated carbocycles. The van der Waals surface area contributed by atoms with Crippen LogP contribution >= 0.6 is 0 Å². The van der Waals surface area contributed by atoms with E-state index >= 15 is 0 Å². The first kappa shape index (κ1) is 25.5. The molecule has 34 heavy (non-hydrogen) atoms. The molecule has 7 heteroatoms. The van der Waals surface area contributed by atoms with Crippen LogP contribution in [0.2, 0.25) is 0 Å². The number of anilines is 1. The molecule has 0 fully saturated rings. The van der Waals surface area contributed by atoms with Crippen molar-refractivity contribution in [2.24, 2.45) is 0 Å². The molecule has 0 unspecified atom stereocenters. The van der Waals surface area contributed by atoms with Crippen LogP contribution in [0.5, 0.6) is 11.5 Å². The first-order chi connectivity index (χ1) is 16.2. The van der Waals surface area contributed by atoms with Gasteiger partial charge < -0.3 is 18.9 Å². The van der Waals surface area contributed by atoms with E-state index in [1.807, 2.05) is 81.4 Å². The monoisotopic (exact) mass is 479 g/mol. The molecule has 180 valence electrons. The molecule has 0 spiro atoms. The van der Waals surface area contributed by atoms with Gasteiger partial charge in [-0.2, -0.15) is 0 Å². The standard InChI is InChI=1S/C27H33N3O3S/c1-20(29-34(31)27(2,3)4)25-8-7-17-28-26(25)30(18-21-9-13-23(32-5)14-10-21)19-22-11-15-24(33-6)16-12-22/h7-17,29H,1,18-19H2,2-6H3/t34-/m1/s1. The highest BCUT2D eigenvalue weighted by Crippen LogP contribution is 2.28. The Bertz CT molecular complexity index is 1030. The van der Waals surface area contributed by atoms with Gasteiger partial charge in [-0.05, 0) is 68.3 Å². The number of ether oxygens (including phenoxy) is 2. The summed E-state index contributed by atoms with van der Waals surface area (Å²) in [7, 11) is 3.32. The Kier molecular flexibility index (Phi) is 8.47. The molecule has 2 aromatic carbocycles. The highest BCUT2D eigenvalue weighted by molar-refractivity contribution is 7.91. The van der Waals surface area contributed by atoms with Gasteiger partial charge in [-0.3, -0.25) is 0 Å². The van der Waals surface area contributed by atoms with Crippen LogP contribution in [0.15, 0.2) is 73.4 Å². The van der Waals surface area contributed by atoms with Crippen molar-refractivity contribution in [2.75, 3.05) is 19.1 Å². The summed E-state index contributed by atoms with van der Waals surface area (Å²) in [5, 5.41) is 0. The number of nitrogens with one attached hydrogen (secondary N) is 1. The number of nitrogens with zero attached hydrogens (tertiary/aromatic N) is 2. The summed E-state index contributed by atoms with van der Waals surface area (Å²) in [6.07, 6.45) is 1.77. The highest BCUT2D eigenvalue weighted by Gasteiger charge is 2.28. The zero-order chi connectivity index (χ0) is 24.7. The predicted molar refractivity (Wildman–Crippen MR) is 140 cm³/mol. The van der Waals surface area contributed by atoms with E-state index in [1.54, 1.807) is 20.4 Å². The average Bonchev–Trinajstić information content (AvgIpc) is 2.84. The van der Waals surface area contributed by atoms with Gasteiger partial charge in [-0.15, -0.1) is 0 Å². The van der Waals surface area contributed by atoms with Crippen molar-refractivity contribution in [3.8, 4) is 11.5 Å². The molecule has 0 aliphatic heterocycles. The molecule has 1 aromatic heterocycles. The zero-order valence-electron chi connectivity index (χ0n) is 20.5. The van der Waals surface area contributed by atoms with Crippen LogP contribution in [0.3, 0.4) is 0 Å². The highest BCUT2D eigenvalue weighted by atomic mass is 32.2. The molecule has 1 N–H and O–H groups in total. The van der Waals surface area contributed by atoms with E-state index in [1.165, 1.54) is 0 Å². The van der Waals surface area contributed by atoms with E-state index in [0.717, 1.165) is 34.0 Å². The lowest BCUT2D eigenvalue weighted by Gasteiger charge is -2.29. The second-order valence-corrected chi connectivity index (χ2v) is 10.9. The molecule has 0 radical (unpaired) electrons. The fourth-order valence-electron chi connectivity index (χ4n) is 3.31. The third kappa shape index (κ3) is 6.68. The van der Waals surface area contributed by atoms with Gasteiger partial charge >= 0.3 is 0 Å². The van der Waals surface area contributed by atoms with E-state index in [-0.39, 0.29) is 0 Å². The lowest BCUT2D eigenvalue weighted by atomic mass is 10.1. The second-order valence-electron chi connectivity index (χ2n) is 8.89. The Hall–Kier alpha value is -3.16. The Labute approximate surface area is 205 Å². The van der Waals surface area contributed by atoms with Crippen molar-refractivity contribution in [2.45, 2.75) is 38.6 Å². The lowest BCUT2D eigenvalue weighted by Crippen LogP contribution is -2.38. The molecule has 0 aliphatic carbocycles. The van der Waals surface area contributed by atoms with Gasteiger partial charge in [0.1, 0.15) is 22.1 Å². The minimum absolute atomic E-state index is 0.419. The molecule has 3 rings (SSSR count). The Morgan fingerprint density at radius 3 is 1.88 bits per heavy atom. The number of rotatable bonds is 10. The summed E-state index contributed by atoms with van der Waals surface area (Å²) in [6, 6.07) is 19.8. The van der Waals surface area contributed by atoms with Crippen molar-refractivity contribution in [3.63, 3.8) is 0 Å². The Morgan fingerprint density at radius 1 is 0.941 bits per heavy atom. The first-order valence-corrected chi connectivity index (χ1v) is 12.2. The quantitative estimate of drug-likeness (QED) is 0.397. The van der Waals surface area contributed by atoms with E-state index < -0.39 is 16.1 Å². The van der Waals surface area contributed by atoms with Crippen LogP contribution in [0.4, 0.5) is 5.82 Å². The molecule has 0 amide bonds. The van der Waals surface area contributed by atoms with E-state index in [9.17, 15) is 4.55 Å². The second kappa shape index (κ2) is 11.3. The normalized spacial score (nSPS) is 12.1. The largest absolute Gasteiger partial charge is 0.593 e. The van der Waals surface area contributed by atoms with Gasteiger partial charge in [0.15, 0.2) is 0 Å². The predicted octanol–water partition coefficient (Wildman–Crippen LogP) is 5.33. The van der Waals surface area contributed by atoms with Gasteiger partial charge in [0, 0.05) is 24.8 Å². The van der Waals surface area contributed by atoms with Crippen molar-refractivity contribution in [3.05, 3.63) is 90.1 Å². The summed E-state index contributed by atoms with van der Waals surface area (Å²) in [4.78, 5) is 6.89. The first-order valence-electron chi connectivity index (χ1n) is 11.0. The van der Waals surface area contributed by atoms with Crippen molar-refractivity contribution >= 4 is 22.9 Å². The average molecular weight is 480 g/mol.